The average molecular weight is 255 g/mol. The number of amides is 1. The highest BCUT2D eigenvalue weighted by molar-refractivity contribution is 5.92. The third kappa shape index (κ3) is 7.87. The predicted molar refractivity (Wildman–Crippen MR) is 72.0 cm³/mol. The van der Waals surface area contributed by atoms with Crippen LogP contribution in [0.2, 0.25) is 0 Å². The topological polar surface area (TPSA) is 66.4 Å². The normalized spacial score (nSPS) is 13.5. The minimum absolute atomic E-state index is 0.0469. The molecule has 0 spiro atoms. The van der Waals surface area contributed by atoms with Gasteiger partial charge in [-0.25, -0.2) is 4.79 Å². The fraction of sp³-hybridized carbons (Fsp3) is 0.714. The van der Waals surface area contributed by atoms with E-state index in [1.165, 1.54) is 12.5 Å². The lowest BCUT2D eigenvalue weighted by Gasteiger charge is -2.12. The van der Waals surface area contributed by atoms with Crippen molar-refractivity contribution < 1.29 is 14.7 Å². The van der Waals surface area contributed by atoms with Crippen LogP contribution >= 0.6 is 0 Å². The summed E-state index contributed by atoms with van der Waals surface area (Å²) in [4.78, 5) is 22.3. The molecule has 4 heteroatoms. The van der Waals surface area contributed by atoms with Crippen molar-refractivity contribution >= 4 is 11.9 Å². The number of carbonyl (C=O) groups excluding carboxylic acids is 1. The summed E-state index contributed by atoms with van der Waals surface area (Å²) >= 11 is 0. The van der Waals surface area contributed by atoms with E-state index in [1.807, 2.05) is 6.92 Å². The Morgan fingerprint density at radius 3 is 2.28 bits per heavy atom. The Morgan fingerprint density at radius 2 is 1.83 bits per heavy atom. The number of carboxylic acid groups (broad SMARTS) is 1. The first-order valence-electron chi connectivity index (χ1n) is 6.56. The van der Waals surface area contributed by atoms with Gasteiger partial charge in [-0.3, -0.25) is 4.79 Å². The maximum Gasteiger partial charge on any atom is 0.352 e. The quantitative estimate of drug-likeness (QED) is 0.655. The molecule has 104 valence electrons. The first-order valence-corrected chi connectivity index (χ1v) is 6.56. The van der Waals surface area contributed by atoms with Crippen LogP contribution in [0.1, 0.15) is 53.4 Å². The van der Waals surface area contributed by atoms with E-state index in [-0.39, 0.29) is 17.5 Å². The number of nitrogens with one attached hydrogen (secondary N) is 1. The van der Waals surface area contributed by atoms with E-state index in [0.29, 0.717) is 12.3 Å². The molecular formula is C14H25NO3. The van der Waals surface area contributed by atoms with Gasteiger partial charge in [0.15, 0.2) is 0 Å². The monoisotopic (exact) mass is 255 g/mol. The Labute approximate surface area is 109 Å². The zero-order chi connectivity index (χ0) is 14.1. The number of carbonyl (C=O) groups is 2. The molecule has 0 aliphatic heterocycles. The van der Waals surface area contributed by atoms with E-state index >= 15 is 0 Å². The van der Waals surface area contributed by atoms with Crippen molar-refractivity contribution in [1.29, 1.82) is 0 Å². The SMILES string of the molecule is C/C=C(\NC(=O)C[C@H](C)CCCC(C)C)C(=O)O. The third-order valence-electron chi connectivity index (χ3n) is 2.81. The van der Waals surface area contributed by atoms with Crippen molar-refractivity contribution in [3.63, 3.8) is 0 Å². The van der Waals surface area contributed by atoms with Crippen molar-refractivity contribution in [1.82, 2.24) is 5.32 Å². The molecule has 0 heterocycles. The van der Waals surface area contributed by atoms with Crippen LogP contribution in [0.4, 0.5) is 0 Å². The smallest absolute Gasteiger partial charge is 0.352 e. The van der Waals surface area contributed by atoms with Crippen molar-refractivity contribution in [2.45, 2.75) is 53.4 Å². The average Bonchev–Trinajstić information content (AvgIpc) is 2.24. The van der Waals surface area contributed by atoms with Gasteiger partial charge in [0.1, 0.15) is 5.70 Å². The number of hydrogen-bond acceptors (Lipinski definition) is 2. The number of allylic oxidation sites excluding steroid dienone is 1. The van der Waals surface area contributed by atoms with Crippen molar-refractivity contribution in [3.8, 4) is 0 Å². The summed E-state index contributed by atoms with van der Waals surface area (Å²) in [6.07, 6.45) is 5.05. The molecule has 0 radical (unpaired) electrons. The minimum atomic E-state index is -1.10. The minimum Gasteiger partial charge on any atom is -0.477 e. The third-order valence-corrected chi connectivity index (χ3v) is 2.81. The molecule has 0 aromatic rings. The molecule has 0 fully saturated rings. The highest BCUT2D eigenvalue weighted by Gasteiger charge is 2.13. The molecule has 0 saturated heterocycles. The second kappa shape index (κ2) is 8.72. The Balaban J connectivity index is 3.97. The van der Waals surface area contributed by atoms with Crippen molar-refractivity contribution in [2.24, 2.45) is 11.8 Å². The zero-order valence-electron chi connectivity index (χ0n) is 11.8. The van der Waals surface area contributed by atoms with Crippen LogP contribution in [0.15, 0.2) is 11.8 Å². The van der Waals surface area contributed by atoms with Gasteiger partial charge in [0.05, 0.1) is 0 Å². The van der Waals surface area contributed by atoms with Gasteiger partial charge >= 0.3 is 5.97 Å². The summed E-state index contributed by atoms with van der Waals surface area (Å²) in [6, 6.07) is 0. The predicted octanol–water partition coefficient (Wildman–Crippen LogP) is 2.94. The molecule has 0 bridgehead atoms. The van der Waals surface area contributed by atoms with Gasteiger partial charge in [-0.15, -0.1) is 0 Å². The summed E-state index contributed by atoms with van der Waals surface area (Å²) < 4.78 is 0. The van der Waals surface area contributed by atoms with Crippen LogP contribution < -0.4 is 5.32 Å². The maximum atomic E-state index is 11.6. The summed E-state index contributed by atoms with van der Waals surface area (Å²) in [5.41, 5.74) is -0.0469. The number of hydrogen-bond donors (Lipinski definition) is 2. The van der Waals surface area contributed by atoms with Crippen LogP contribution in [-0.2, 0) is 9.59 Å². The van der Waals surface area contributed by atoms with Crippen LogP contribution in [0.5, 0.6) is 0 Å². The largest absolute Gasteiger partial charge is 0.477 e. The highest BCUT2D eigenvalue weighted by atomic mass is 16.4. The number of rotatable bonds is 8. The molecule has 1 amide bonds. The fourth-order valence-corrected chi connectivity index (χ4v) is 1.74. The van der Waals surface area contributed by atoms with Gasteiger partial charge in [0, 0.05) is 6.42 Å². The number of carboxylic acids is 1. The lowest BCUT2D eigenvalue weighted by Crippen LogP contribution is -2.28. The second-order valence-corrected chi connectivity index (χ2v) is 5.19. The van der Waals surface area contributed by atoms with Gasteiger partial charge in [0.25, 0.3) is 0 Å². The molecule has 0 saturated carbocycles. The lowest BCUT2D eigenvalue weighted by atomic mass is 9.97. The molecule has 0 aromatic heterocycles. The van der Waals surface area contributed by atoms with Gasteiger partial charge in [-0.05, 0) is 18.8 Å². The molecule has 2 N–H and O–H groups in total. The Morgan fingerprint density at radius 1 is 1.22 bits per heavy atom. The van der Waals surface area contributed by atoms with Gasteiger partial charge in [-0.1, -0.05) is 46.1 Å². The molecule has 0 unspecified atom stereocenters. The molecule has 0 aliphatic carbocycles. The van der Waals surface area contributed by atoms with Crippen LogP contribution in [0, 0.1) is 11.8 Å². The van der Waals surface area contributed by atoms with Gasteiger partial charge in [0.2, 0.25) is 5.91 Å². The maximum absolute atomic E-state index is 11.6. The van der Waals surface area contributed by atoms with E-state index in [9.17, 15) is 9.59 Å². The van der Waals surface area contributed by atoms with Crippen molar-refractivity contribution in [2.75, 3.05) is 0 Å². The van der Waals surface area contributed by atoms with E-state index in [0.717, 1.165) is 12.8 Å². The van der Waals surface area contributed by atoms with Gasteiger partial charge in [-0.2, -0.15) is 0 Å². The Hall–Kier alpha value is -1.32. The highest BCUT2D eigenvalue weighted by Crippen LogP contribution is 2.15. The Kier molecular flexibility index (Phi) is 8.08. The van der Waals surface area contributed by atoms with Crippen LogP contribution in [-0.4, -0.2) is 17.0 Å². The van der Waals surface area contributed by atoms with E-state index in [4.69, 9.17) is 5.11 Å². The zero-order valence-corrected chi connectivity index (χ0v) is 11.8. The fourth-order valence-electron chi connectivity index (χ4n) is 1.74. The molecule has 0 aliphatic rings. The summed E-state index contributed by atoms with van der Waals surface area (Å²) in [7, 11) is 0. The van der Waals surface area contributed by atoms with Crippen molar-refractivity contribution in [3.05, 3.63) is 11.8 Å². The second-order valence-electron chi connectivity index (χ2n) is 5.19. The Bertz CT molecular complexity index is 308. The van der Waals surface area contributed by atoms with E-state index < -0.39 is 5.97 Å². The summed E-state index contributed by atoms with van der Waals surface area (Å²) in [5, 5.41) is 11.2. The summed E-state index contributed by atoms with van der Waals surface area (Å²) in [6.45, 7) is 7.98. The standard InChI is InChI=1S/C14H25NO3/c1-5-12(14(17)18)15-13(16)9-11(4)8-6-7-10(2)3/h5,10-11H,6-9H2,1-4H3,(H,15,16)(H,17,18)/b12-5-/t11-/m1/s1. The molecule has 1 atom stereocenters. The van der Waals surface area contributed by atoms with E-state index in [1.54, 1.807) is 6.92 Å². The van der Waals surface area contributed by atoms with Crippen LogP contribution in [0.3, 0.4) is 0 Å². The van der Waals surface area contributed by atoms with E-state index in [2.05, 4.69) is 19.2 Å². The lowest BCUT2D eigenvalue weighted by molar-refractivity contribution is -0.134. The first kappa shape index (κ1) is 16.7. The summed E-state index contributed by atoms with van der Waals surface area (Å²) in [5.74, 6) is -0.343. The first-order chi connectivity index (χ1) is 8.36. The molecule has 0 rings (SSSR count). The van der Waals surface area contributed by atoms with Gasteiger partial charge < -0.3 is 10.4 Å². The molecule has 0 aromatic carbocycles. The molecular weight excluding hydrogens is 230 g/mol. The molecule has 4 nitrogen and oxygen atoms in total. The molecule has 18 heavy (non-hydrogen) atoms. The number of aliphatic carboxylic acids is 1. The van der Waals surface area contributed by atoms with Crippen LogP contribution in [0.25, 0.3) is 0 Å².